The summed E-state index contributed by atoms with van der Waals surface area (Å²) < 4.78 is 65.5. The molecule has 8 nitrogen and oxygen atoms in total. The molecule has 0 spiro atoms. The summed E-state index contributed by atoms with van der Waals surface area (Å²) in [5.41, 5.74) is 1.24. The normalized spacial score (nSPS) is 25.0. The van der Waals surface area contributed by atoms with Gasteiger partial charge < -0.3 is 23.9 Å². The Balaban J connectivity index is 1.44. The number of rotatable bonds is 5. The van der Waals surface area contributed by atoms with Gasteiger partial charge in [0.05, 0.1) is 44.1 Å². The van der Waals surface area contributed by atoms with Crippen molar-refractivity contribution < 1.29 is 36.6 Å². The molecule has 0 radical (unpaired) electrons. The molecule has 0 aromatic carbocycles. The molecule has 11 heteroatoms. The Morgan fingerprint density at radius 2 is 2.06 bits per heavy atom. The zero-order chi connectivity index (χ0) is 23.2. The first-order chi connectivity index (χ1) is 15.8. The summed E-state index contributed by atoms with van der Waals surface area (Å²) in [5.74, 6) is -2.07. The lowest BCUT2D eigenvalue weighted by Gasteiger charge is -2.23. The van der Waals surface area contributed by atoms with E-state index >= 15 is 0 Å². The maximum Gasteiger partial charge on any atom is 0.396 e. The van der Waals surface area contributed by atoms with E-state index in [0.717, 1.165) is 12.8 Å². The highest BCUT2D eigenvalue weighted by Crippen LogP contribution is 2.48. The van der Waals surface area contributed by atoms with Gasteiger partial charge in [-0.05, 0) is 19.8 Å². The van der Waals surface area contributed by atoms with Gasteiger partial charge in [-0.2, -0.15) is 18.3 Å². The third-order valence-corrected chi connectivity index (χ3v) is 6.40. The third kappa shape index (κ3) is 4.41. The average Bonchev–Trinajstić information content (AvgIpc) is 3.50. The van der Waals surface area contributed by atoms with Crippen LogP contribution in [0.25, 0.3) is 11.3 Å². The average molecular weight is 469 g/mol. The van der Waals surface area contributed by atoms with Crippen molar-refractivity contribution in [2.75, 3.05) is 33.0 Å². The smallest absolute Gasteiger partial charge is 0.396 e. The van der Waals surface area contributed by atoms with E-state index in [4.69, 9.17) is 18.6 Å². The van der Waals surface area contributed by atoms with E-state index in [1.807, 2.05) is 0 Å². The van der Waals surface area contributed by atoms with Crippen LogP contribution in [0.2, 0.25) is 0 Å². The highest BCUT2D eigenvalue weighted by atomic mass is 19.4. The summed E-state index contributed by atoms with van der Waals surface area (Å²) in [5, 5.41) is 7.24. The van der Waals surface area contributed by atoms with Crippen LogP contribution in [0.4, 0.5) is 13.2 Å². The molecule has 5 rings (SSSR count). The molecule has 0 bridgehead atoms. The number of ether oxygens (including phenoxy) is 3. The molecule has 0 saturated carbocycles. The van der Waals surface area contributed by atoms with E-state index in [0.29, 0.717) is 44.1 Å². The summed E-state index contributed by atoms with van der Waals surface area (Å²) in [7, 11) is 0. The molecule has 33 heavy (non-hydrogen) atoms. The van der Waals surface area contributed by atoms with Crippen LogP contribution in [0.5, 0.6) is 0 Å². The molecule has 2 saturated heterocycles. The second-order valence-electron chi connectivity index (χ2n) is 8.72. The molecule has 1 aliphatic carbocycles. The Hall–Kier alpha value is -2.37. The number of furan rings is 1. The Morgan fingerprint density at radius 3 is 2.76 bits per heavy atom. The van der Waals surface area contributed by atoms with Gasteiger partial charge in [0.25, 0.3) is 5.91 Å². The fraction of sp³-hybridized carbons (Fsp3) is 0.636. The predicted octanol–water partition coefficient (Wildman–Crippen LogP) is 2.98. The van der Waals surface area contributed by atoms with Crippen LogP contribution in [-0.4, -0.2) is 67.0 Å². The number of amides is 1. The van der Waals surface area contributed by atoms with Crippen molar-refractivity contribution in [3.05, 3.63) is 28.8 Å². The lowest BCUT2D eigenvalue weighted by Crippen LogP contribution is -2.32. The number of carbonyl (C=O) groups is 1. The van der Waals surface area contributed by atoms with E-state index in [-0.39, 0.29) is 48.0 Å². The number of alkyl halides is 3. The molecular formula is C22H26F3N3O5. The maximum absolute atomic E-state index is 13.9. The topological polar surface area (TPSA) is 87.8 Å². The van der Waals surface area contributed by atoms with Crippen LogP contribution in [-0.2, 0) is 27.2 Å². The zero-order valence-electron chi connectivity index (χ0n) is 18.2. The number of aromatic nitrogens is 2. The minimum atomic E-state index is -4.48. The Morgan fingerprint density at radius 1 is 1.24 bits per heavy atom. The van der Waals surface area contributed by atoms with Crippen LogP contribution in [0.3, 0.4) is 0 Å². The van der Waals surface area contributed by atoms with Crippen LogP contribution in [0, 0.1) is 6.92 Å². The maximum atomic E-state index is 13.9. The second-order valence-corrected chi connectivity index (χ2v) is 8.72. The van der Waals surface area contributed by atoms with Crippen molar-refractivity contribution in [2.24, 2.45) is 0 Å². The molecule has 180 valence electrons. The first-order valence-corrected chi connectivity index (χ1v) is 11.2. The van der Waals surface area contributed by atoms with E-state index in [1.54, 1.807) is 6.92 Å². The first kappa shape index (κ1) is 22.4. The lowest BCUT2D eigenvalue weighted by atomic mass is 9.84. The van der Waals surface area contributed by atoms with Crippen molar-refractivity contribution in [3.63, 3.8) is 0 Å². The number of fused-ring (bicyclic) bond motifs is 3. The molecule has 2 aromatic rings. The molecule has 3 atom stereocenters. The number of hydrogen-bond acceptors (Lipinski definition) is 6. The highest BCUT2D eigenvalue weighted by molar-refractivity contribution is 5.95. The monoisotopic (exact) mass is 469 g/mol. The van der Waals surface area contributed by atoms with Gasteiger partial charge in [-0.15, -0.1) is 0 Å². The van der Waals surface area contributed by atoms with E-state index in [9.17, 15) is 18.0 Å². The minimum Gasteiger partial charge on any atom is -0.455 e. The number of carbonyl (C=O) groups excluding carboxylic acids is 1. The number of nitrogens with zero attached hydrogens (tertiary/aromatic N) is 2. The Bertz CT molecular complexity index is 1020. The number of nitrogens with one attached hydrogen (secondary N) is 1. The Kier molecular flexibility index (Phi) is 5.96. The summed E-state index contributed by atoms with van der Waals surface area (Å²) in [6.07, 6.45) is -1.96. The largest absolute Gasteiger partial charge is 0.455 e. The fourth-order valence-corrected chi connectivity index (χ4v) is 4.75. The van der Waals surface area contributed by atoms with Crippen molar-refractivity contribution in [2.45, 2.75) is 57.0 Å². The van der Waals surface area contributed by atoms with Crippen LogP contribution in [0.15, 0.2) is 10.6 Å². The molecule has 3 aliphatic rings. The van der Waals surface area contributed by atoms with E-state index in [1.165, 1.54) is 10.9 Å². The second kappa shape index (κ2) is 8.77. The van der Waals surface area contributed by atoms with Gasteiger partial charge in [-0.1, -0.05) is 0 Å². The van der Waals surface area contributed by atoms with Crippen molar-refractivity contribution in [3.8, 4) is 11.3 Å². The van der Waals surface area contributed by atoms with Gasteiger partial charge in [0.1, 0.15) is 11.9 Å². The summed E-state index contributed by atoms with van der Waals surface area (Å²) >= 11 is 0. The number of hydrogen-bond donors (Lipinski definition) is 1. The van der Waals surface area contributed by atoms with Gasteiger partial charge in [0.15, 0.2) is 5.76 Å². The SMILES string of the molecule is Cc1c(C(=O)NC[C@@H]2CCCO2)oc2c1-c1nn(C[C@H]3COCCO3)cc1[C@@H](C(F)(F)F)C2. The molecule has 1 amide bonds. The van der Waals surface area contributed by atoms with Gasteiger partial charge in [-0.25, -0.2) is 0 Å². The fourth-order valence-electron chi connectivity index (χ4n) is 4.75. The lowest BCUT2D eigenvalue weighted by molar-refractivity contribution is -0.151. The van der Waals surface area contributed by atoms with Gasteiger partial charge in [0.2, 0.25) is 0 Å². The summed E-state index contributed by atoms with van der Waals surface area (Å²) in [6, 6.07) is 0. The minimum absolute atomic E-state index is 0.0188. The van der Waals surface area contributed by atoms with Crippen LogP contribution < -0.4 is 5.32 Å². The van der Waals surface area contributed by atoms with Crippen LogP contribution in [0.1, 0.15) is 46.2 Å². The van der Waals surface area contributed by atoms with Crippen molar-refractivity contribution in [1.82, 2.24) is 15.1 Å². The van der Waals surface area contributed by atoms with E-state index < -0.39 is 18.0 Å². The molecule has 2 fully saturated rings. The molecular weight excluding hydrogens is 443 g/mol. The molecule has 2 aliphatic heterocycles. The summed E-state index contributed by atoms with van der Waals surface area (Å²) in [6.45, 7) is 4.24. The van der Waals surface area contributed by atoms with Gasteiger partial charge in [-0.3, -0.25) is 9.48 Å². The van der Waals surface area contributed by atoms with Crippen molar-refractivity contribution >= 4 is 5.91 Å². The van der Waals surface area contributed by atoms with Gasteiger partial charge in [0, 0.05) is 42.5 Å². The standard InChI is InChI=1S/C22H26F3N3O5/c1-12-18-17(33-20(12)21(29)26-8-13-3-2-4-31-13)7-16(22(23,24)25)15-10-28(27-19(15)18)9-14-11-30-5-6-32-14/h10,13-14,16H,2-9,11H2,1H3,(H,26,29)/t13-,14-,16-/m0/s1. The van der Waals surface area contributed by atoms with Crippen molar-refractivity contribution in [1.29, 1.82) is 0 Å². The molecule has 2 aromatic heterocycles. The quantitative estimate of drug-likeness (QED) is 0.725. The van der Waals surface area contributed by atoms with E-state index in [2.05, 4.69) is 10.4 Å². The number of halogens is 3. The molecule has 1 N–H and O–H groups in total. The highest BCUT2D eigenvalue weighted by Gasteiger charge is 2.48. The predicted molar refractivity (Wildman–Crippen MR) is 109 cm³/mol. The third-order valence-electron chi connectivity index (χ3n) is 6.40. The Labute approximate surface area is 188 Å². The summed E-state index contributed by atoms with van der Waals surface area (Å²) in [4.78, 5) is 12.8. The first-order valence-electron chi connectivity index (χ1n) is 11.2. The molecule has 4 heterocycles. The molecule has 0 unspecified atom stereocenters. The zero-order valence-corrected chi connectivity index (χ0v) is 18.2. The van der Waals surface area contributed by atoms with Crippen LogP contribution >= 0.6 is 0 Å². The van der Waals surface area contributed by atoms with Gasteiger partial charge >= 0.3 is 6.18 Å².